The van der Waals surface area contributed by atoms with Crippen LogP contribution >= 0.6 is 15.9 Å². The molecule has 0 aromatic heterocycles. The third-order valence-corrected chi connectivity index (χ3v) is 2.72. The Hall–Kier alpha value is -1.47. The van der Waals surface area contributed by atoms with Crippen molar-refractivity contribution in [3.8, 4) is 17.6 Å². The molecular formula is C11H8BrNO2. The Bertz CT molecular complexity index is 474. The number of methoxy groups -OCH3 is 1. The van der Waals surface area contributed by atoms with Crippen LogP contribution in [0.3, 0.4) is 0 Å². The first-order valence-corrected chi connectivity index (χ1v) is 5.15. The van der Waals surface area contributed by atoms with Crippen LogP contribution in [0.5, 0.6) is 11.5 Å². The van der Waals surface area contributed by atoms with Gasteiger partial charge >= 0.3 is 0 Å². The van der Waals surface area contributed by atoms with E-state index in [1.54, 1.807) is 7.11 Å². The second kappa shape index (κ2) is 3.95. The second-order valence-electron chi connectivity index (χ2n) is 3.10. The van der Waals surface area contributed by atoms with Crippen molar-refractivity contribution < 1.29 is 9.47 Å². The van der Waals surface area contributed by atoms with E-state index >= 15 is 0 Å². The van der Waals surface area contributed by atoms with Crippen LogP contribution in [0.25, 0.3) is 6.08 Å². The highest BCUT2D eigenvalue weighted by Crippen LogP contribution is 2.37. The van der Waals surface area contributed by atoms with Crippen LogP contribution in [0, 0.1) is 11.3 Å². The van der Waals surface area contributed by atoms with Gasteiger partial charge in [-0.3, -0.25) is 0 Å². The van der Waals surface area contributed by atoms with E-state index in [4.69, 9.17) is 14.7 Å². The molecule has 0 spiro atoms. The number of hydrogen-bond acceptors (Lipinski definition) is 3. The van der Waals surface area contributed by atoms with Crippen molar-refractivity contribution in [2.45, 2.75) is 0 Å². The highest BCUT2D eigenvalue weighted by molar-refractivity contribution is 9.10. The number of nitrogens with zero attached hydrogens (tertiary/aromatic N) is 1. The highest BCUT2D eigenvalue weighted by Gasteiger charge is 2.15. The standard InChI is InChI=1S/C11H8BrNO2/c1-14-9-3-8-2-7(5-13)6-15-11(8)10(12)4-9/h2-4H,6H2,1H3. The summed E-state index contributed by atoms with van der Waals surface area (Å²) in [4.78, 5) is 0. The second-order valence-corrected chi connectivity index (χ2v) is 3.95. The molecule has 0 aliphatic carbocycles. The molecule has 0 N–H and O–H groups in total. The molecule has 0 atom stereocenters. The number of hydrogen-bond donors (Lipinski definition) is 0. The fourth-order valence-corrected chi connectivity index (χ4v) is 1.98. The van der Waals surface area contributed by atoms with Gasteiger partial charge in [-0.2, -0.15) is 5.26 Å². The molecule has 1 aromatic carbocycles. The molecule has 1 aliphatic heterocycles. The van der Waals surface area contributed by atoms with Gasteiger partial charge in [-0.25, -0.2) is 0 Å². The zero-order valence-corrected chi connectivity index (χ0v) is 9.67. The first kappa shape index (κ1) is 10.1. The topological polar surface area (TPSA) is 42.2 Å². The molecule has 0 unspecified atom stereocenters. The fourth-order valence-electron chi connectivity index (χ4n) is 1.41. The molecule has 0 saturated heterocycles. The van der Waals surface area contributed by atoms with Gasteiger partial charge in [0.25, 0.3) is 0 Å². The summed E-state index contributed by atoms with van der Waals surface area (Å²) < 4.78 is 11.4. The maximum Gasteiger partial charge on any atom is 0.141 e. The van der Waals surface area contributed by atoms with Crippen LogP contribution in [0.4, 0.5) is 0 Å². The van der Waals surface area contributed by atoms with Gasteiger partial charge in [0.15, 0.2) is 0 Å². The lowest BCUT2D eigenvalue weighted by molar-refractivity contribution is 0.347. The van der Waals surface area contributed by atoms with E-state index in [0.717, 1.165) is 21.5 Å². The Labute approximate surface area is 96.0 Å². The Morgan fingerprint density at radius 3 is 3.00 bits per heavy atom. The van der Waals surface area contributed by atoms with E-state index in [2.05, 4.69) is 22.0 Å². The van der Waals surface area contributed by atoms with E-state index in [-0.39, 0.29) is 0 Å². The molecule has 1 aliphatic rings. The number of halogens is 1. The molecule has 15 heavy (non-hydrogen) atoms. The number of fused-ring (bicyclic) bond motifs is 1. The van der Waals surface area contributed by atoms with E-state index in [9.17, 15) is 0 Å². The zero-order chi connectivity index (χ0) is 10.8. The predicted molar refractivity (Wildman–Crippen MR) is 59.8 cm³/mol. The van der Waals surface area contributed by atoms with Gasteiger partial charge in [0.1, 0.15) is 18.1 Å². The average Bonchev–Trinajstić information content (AvgIpc) is 2.28. The Kier molecular flexibility index (Phi) is 2.65. The molecule has 2 rings (SSSR count). The van der Waals surface area contributed by atoms with Gasteiger partial charge in [-0.1, -0.05) is 0 Å². The quantitative estimate of drug-likeness (QED) is 0.784. The van der Waals surface area contributed by atoms with E-state index in [1.165, 1.54) is 0 Å². The summed E-state index contributed by atoms with van der Waals surface area (Å²) in [5.74, 6) is 1.49. The molecule has 0 bridgehead atoms. The van der Waals surface area contributed by atoms with Crippen LogP contribution in [-0.4, -0.2) is 13.7 Å². The monoisotopic (exact) mass is 265 g/mol. The minimum atomic E-state index is 0.328. The molecule has 0 saturated carbocycles. The van der Waals surface area contributed by atoms with Crippen molar-refractivity contribution in [1.29, 1.82) is 5.26 Å². The fraction of sp³-hybridized carbons (Fsp3) is 0.182. The summed E-state index contributed by atoms with van der Waals surface area (Å²) in [5.41, 5.74) is 1.48. The minimum absolute atomic E-state index is 0.328. The largest absolute Gasteiger partial charge is 0.497 e. The molecule has 4 heteroatoms. The van der Waals surface area contributed by atoms with E-state index in [0.29, 0.717) is 12.2 Å². The van der Waals surface area contributed by atoms with Crippen LogP contribution in [0.1, 0.15) is 5.56 Å². The SMILES string of the molecule is COc1cc(Br)c2c(c1)C=C(C#N)CO2. The van der Waals surface area contributed by atoms with E-state index in [1.807, 2.05) is 18.2 Å². The van der Waals surface area contributed by atoms with Gasteiger partial charge in [0.2, 0.25) is 0 Å². The first-order valence-electron chi connectivity index (χ1n) is 4.35. The predicted octanol–water partition coefficient (Wildman–Crippen LogP) is 2.76. The summed E-state index contributed by atoms with van der Waals surface area (Å²) in [6, 6.07) is 5.76. The van der Waals surface area contributed by atoms with Crippen LogP contribution in [0.15, 0.2) is 22.2 Å². The summed E-state index contributed by atoms with van der Waals surface area (Å²) in [6.45, 7) is 0.328. The molecule has 76 valence electrons. The van der Waals surface area contributed by atoms with Crippen molar-refractivity contribution in [2.75, 3.05) is 13.7 Å². The van der Waals surface area contributed by atoms with Crippen molar-refractivity contribution in [2.24, 2.45) is 0 Å². The third-order valence-electron chi connectivity index (χ3n) is 2.13. The Morgan fingerprint density at radius 2 is 2.33 bits per heavy atom. The van der Waals surface area contributed by atoms with Gasteiger partial charge in [0, 0.05) is 5.56 Å². The molecule has 1 aromatic rings. The summed E-state index contributed by atoms with van der Waals surface area (Å²) >= 11 is 3.40. The normalized spacial score (nSPS) is 13.3. The van der Waals surface area contributed by atoms with Gasteiger partial charge in [-0.15, -0.1) is 0 Å². The Balaban J connectivity index is 2.55. The molecule has 0 fully saturated rings. The van der Waals surface area contributed by atoms with Crippen LogP contribution in [0.2, 0.25) is 0 Å². The lowest BCUT2D eigenvalue weighted by atomic mass is 10.1. The van der Waals surface area contributed by atoms with Crippen molar-refractivity contribution in [3.63, 3.8) is 0 Å². The number of rotatable bonds is 1. The highest BCUT2D eigenvalue weighted by atomic mass is 79.9. The lowest BCUT2D eigenvalue weighted by Gasteiger charge is -2.16. The maximum atomic E-state index is 8.77. The van der Waals surface area contributed by atoms with E-state index < -0.39 is 0 Å². The molecule has 0 radical (unpaired) electrons. The summed E-state index contributed by atoms with van der Waals surface area (Å²) in [6.07, 6.45) is 1.81. The van der Waals surface area contributed by atoms with Crippen molar-refractivity contribution in [1.82, 2.24) is 0 Å². The van der Waals surface area contributed by atoms with Crippen LogP contribution < -0.4 is 9.47 Å². The molecular weight excluding hydrogens is 258 g/mol. The van der Waals surface area contributed by atoms with Crippen molar-refractivity contribution in [3.05, 3.63) is 27.7 Å². The van der Waals surface area contributed by atoms with Gasteiger partial charge in [0.05, 0.1) is 23.2 Å². The molecule has 1 heterocycles. The summed E-state index contributed by atoms with van der Waals surface area (Å²) in [5, 5.41) is 8.77. The maximum absolute atomic E-state index is 8.77. The first-order chi connectivity index (χ1) is 7.24. The smallest absolute Gasteiger partial charge is 0.141 e. The minimum Gasteiger partial charge on any atom is -0.497 e. The van der Waals surface area contributed by atoms with Crippen molar-refractivity contribution >= 4 is 22.0 Å². The lowest BCUT2D eigenvalue weighted by Crippen LogP contribution is -2.06. The number of benzene rings is 1. The molecule has 0 amide bonds. The number of ether oxygens (including phenoxy) is 2. The summed E-state index contributed by atoms with van der Waals surface area (Å²) in [7, 11) is 1.60. The molecule has 3 nitrogen and oxygen atoms in total. The van der Waals surface area contributed by atoms with Gasteiger partial charge in [-0.05, 0) is 34.1 Å². The Morgan fingerprint density at radius 1 is 1.53 bits per heavy atom. The third kappa shape index (κ3) is 1.83. The zero-order valence-electron chi connectivity index (χ0n) is 8.08. The average molecular weight is 266 g/mol. The van der Waals surface area contributed by atoms with Crippen LogP contribution in [-0.2, 0) is 0 Å². The number of nitriles is 1. The van der Waals surface area contributed by atoms with Gasteiger partial charge < -0.3 is 9.47 Å².